The van der Waals surface area contributed by atoms with Crippen molar-refractivity contribution in [2.75, 3.05) is 30.4 Å². The van der Waals surface area contributed by atoms with Gasteiger partial charge in [-0.2, -0.15) is 9.97 Å². The van der Waals surface area contributed by atoms with Gasteiger partial charge in [0, 0.05) is 37.8 Å². The highest BCUT2D eigenvalue weighted by Crippen LogP contribution is 2.34. The van der Waals surface area contributed by atoms with E-state index in [1.807, 2.05) is 6.33 Å². The number of nitrogens with zero attached hydrogens (tertiary/aromatic N) is 5. The van der Waals surface area contributed by atoms with Gasteiger partial charge in [0.15, 0.2) is 17.0 Å². The first-order chi connectivity index (χ1) is 17.7. The molecule has 3 fully saturated rings. The van der Waals surface area contributed by atoms with Gasteiger partial charge in [0.05, 0.1) is 6.33 Å². The minimum absolute atomic E-state index is 0.325. The number of hydrogen-bond donors (Lipinski definition) is 4. The van der Waals surface area contributed by atoms with Gasteiger partial charge in [-0.1, -0.05) is 38.5 Å². The number of unbranched alkanes of at least 4 members (excludes halogenated alkanes) is 3. The molecule has 0 unspecified atom stereocenters. The van der Waals surface area contributed by atoms with Gasteiger partial charge in [-0.15, -0.1) is 0 Å². The van der Waals surface area contributed by atoms with E-state index < -0.39 is 0 Å². The van der Waals surface area contributed by atoms with Gasteiger partial charge < -0.3 is 26.1 Å². The lowest BCUT2D eigenvalue weighted by molar-refractivity contribution is 0.206. The van der Waals surface area contributed by atoms with Gasteiger partial charge in [-0.3, -0.25) is 0 Å². The second-order valence-corrected chi connectivity index (χ2v) is 11.4. The van der Waals surface area contributed by atoms with E-state index in [-0.39, 0.29) is 0 Å². The normalized spacial score (nSPS) is 24.5. The summed E-state index contributed by atoms with van der Waals surface area (Å²) in [6.07, 6.45) is 19.6. The van der Waals surface area contributed by atoms with Crippen LogP contribution in [0.3, 0.4) is 0 Å². The predicted octanol–water partition coefficient (Wildman–Crippen LogP) is 4.60. The van der Waals surface area contributed by atoms with E-state index in [9.17, 15) is 0 Å². The van der Waals surface area contributed by atoms with Crippen molar-refractivity contribution in [3.63, 3.8) is 0 Å². The Labute approximate surface area is 215 Å². The van der Waals surface area contributed by atoms with Crippen molar-refractivity contribution < 1.29 is 5.11 Å². The monoisotopic (exact) mass is 498 g/mol. The fourth-order valence-corrected chi connectivity index (χ4v) is 6.34. The second kappa shape index (κ2) is 12.5. The molecule has 3 heterocycles. The number of fused-ring (bicyclic) bond motifs is 1. The summed E-state index contributed by atoms with van der Waals surface area (Å²) in [6, 6.07) is 1.20. The number of nitrogens with one attached hydrogen (secondary N) is 2. The Balaban J connectivity index is 1.26. The molecule has 1 aliphatic heterocycles. The van der Waals surface area contributed by atoms with Crippen LogP contribution in [0.4, 0.5) is 11.8 Å². The van der Waals surface area contributed by atoms with Gasteiger partial charge in [0.2, 0.25) is 5.95 Å². The van der Waals surface area contributed by atoms with Gasteiger partial charge in [-0.05, 0) is 63.7 Å². The number of rotatable bonds is 11. The van der Waals surface area contributed by atoms with Gasteiger partial charge in [0.25, 0.3) is 0 Å². The molecule has 2 aromatic heterocycles. The quantitative estimate of drug-likeness (QED) is 0.332. The zero-order valence-electron chi connectivity index (χ0n) is 21.9. The average Bonchev–Trinajstić information content (AvgIpc) is 3.57. The predicted molar refractivity (Wildman–Crippen MR) is 145 cm³/mol. The third kappa shape index (κ3) is 6.47. The Morgan fingerprint density at radius 2 is 1.67 bits per heavy atom. The van der Waals surface area contributed by atoms with E-state index in [1.165, 1.54) is 57.8 Å². The van der Waals surface area contributed by atoms with Crippen LogP contribution in [0.15, 0.2) is 6.33 Å². The summed E-state index contributed by atoms with van der Waals surface area (Å²) < 4.78 is 2.29. The molecule has 36 heavy (non-hydrogen) atoms. The zero-order valence-corrected chi connectivity index (χ0v) is 21.9. The minimum atomic E-state index is 0.325. The Morgan fingerprint density at radius 3 is 2.42 bits per heavy atom. The van der Waals surface area contributed by atoms with Crippen LogP contribution in [0, 0.1) is 5.92 Å². The van der Waals surface area contributed by atoms with Crippen molar-refractivity contribution in [1.82, 2.24) is 24.5 Å². The fraction of sp³-hybridized carbons (Fsp3) is 0.815. The Bertz CT molecular complexity index is 943. The molecule has 5 N–H and O–H groups in total. The molecule has 1 saturated heterocycles. The summed E-state index contributed by atoms with van der Waals surface area (Å²) in [7, 11) is 0. The largest absolute Gasteiger partial charge is 0.396 e. The van der Waals surface area contributed by atoms with E-state index in [2.05, 4.69) is 20.3 Å². The summed E-state index contributed by atoms with van der Waals surface area (Å²) in [6.45, 7) is 2.38. The van der Waals surface area contributed by atoms with E-state index in [0.717, 1.165) is 74.5 Å². The van der Waals surface area contributed by atoms with Crippen molar-refractivity contribution in [3.8, 4) is 0 Å². The molecule has 9 heteroatoms. The average molecular weight is 499 g/mol. The number of anilines is 2. The minimum Gasteiger partial charge on any atom is -0.396 e. The summed E-state index contributed by atoms with van der Waals surface area (Å²) in [5.41, 5.74) is 11.6. The summed E-state index contributed by atoms with van der Waals surface area (Å²) >= 11 is 0. The number of hydrazine groups is 1. The zero-order chi connectivity index (χ0) is 24.7. The Kier molecular flexibility index (Phi) is 8.93. The highest BCUT2D eigenvalue weighted by molar-refractivity contribution is 5.84. The molecular weight excluding hydrogens is 452 g/mol. The standard InChI is InChI=1S/C27H46N8O/c28-21-10-12-22(13-11-21)30-27-31-25(24-26(32-27)35(19-29-24)23-8-4-5-9-23)33-34-16-14-20(15-17-34)7-3-1-2-6-18-36/h19-23,36H,1-18,28H2,(H2,30,31,32,33)/t21-,22-. The third-order valence-electron chi connectivity index (χ3n) is 8.64. The van der Waals surface area contributed by atoms with Crippen LogP contribution >= 0.6 is 0 Å². The molecule has 2 aromatic rings. The number of nitrogens with two attached hydrogens (primary N) is 1. The van der Waals surface area contributed by atoms with E-state index in [1.54, 1.807) is 0 Å². The van der Waals surface area contributed by atoms with Gasteiger partial charge in [-0.25, -0.2) is 9.99 Å². The summed E-state index contributed by atoms with van der Waals surface area (Å²) in [4.78, 5) is 14.7. The molecule has 0 atom stereocenters. The van der Waals surface area contributed by atoms with Crippen molar-refractivity contribution in [1.29, 1.82) is 0 Å². The van der Waals surface area contributed by atoms with Crippen LogP contribution in [0.25, 0.3) is 11.2 Å². The maximum absolute atomic E-state index is 8.96. The van der Waals surface area contributed by atoms with Crippen LogP contribution in [0.5, 0.6) is 0 Å². The SMILES string of the molecule is N[C@H]1CC[C@H](Nc2nc(NN3CCC(CCCCCCO)CC3)c3ncn(C4CCCC4)c3n2)CC1. The molecule has 0 radical (unpaired) electrons. The molecule has 9 nitrogen and oxygen atoms in total. The first kappa shape index (κ1) is 25.7. The van der Waals surface area contributed by atoms with Crippen LogP contribution in [0.1, 0.15) is 102 Å². The molecular formula is C27H46N8O. The maximum atomic E-state index is 8.96. The van der Waals surface area contributed by atoms with Crippen LogP contribution in [-0.4, -0.2) is 61.4 Å². The van der Waals surface area contributed by atoms with Crippen molar-refractivity contribution in [3.05, 3.63) is 6.33 Å². The van der Waals surface area contributed by atoms with E-state index >= 15 is 0 Å². The van der Waals surface area contributed by atoms with Crippen LogP contribution in [0.2, 0.25) is 0 Å². The van der Waals surface area contributed by atoms with Crippen molar-refractivity contribution >= 4 is 22.9 Å². The second-order valence-electron chi connectivity index (χ2n) is 11.4. The Hall–Kier alpha value is -1.97. The molecule has 0 bridgehead atoms. The number of hydrogen-bond acceptors (Lipinski definition) is 8. The first-order valence-electron chi connectivity index (χ1n) is 14.6. The van der Waals surface area contributed by atoms with Gasteiger partial charge in [0.1, 0.15) is 0 Å². The number of aromatic nitrogens is 4. The smallest absolute Gasteiger partial charge is 0.227 e. The fourth-order valence-electron chi connectivity index (χ4n) is 6.34. The lowest BCUT2D eigenvalue weighted by Gasteiger charge is -2.32. The lowest BCUT2D eigenvalue weighted by Crippen LogP contribution is -2.38. The highest BCUT2D eigenvalue weighted by atomic mass is 16.2. The summed E-state index contributed by atoms with van der Waals surface area (Å²) in [5.74, 6) is 2.34. The molecule has 2 aliphatic carbocycles. The summed E-state index contributed by atoms with van der Waals surface area (Å²) in [5, 5.41) is 14.9. The molecule has 0 aromatic carbocycles. The molecule has 0 amide bonds. The Morgan fingerprint density at radius 1 is 0.917 bits per heavy atom. The highest BCUT2D eigenvalue weighted by Gasteiger charge is 2.25. The van der Waals surface area contributed by atoms with Crippen molar-refractivity contribution in [2.24, 2.45) is 11.7 Å². The van der Waals surface area contributed by atoms with Gasteiger partial charge >= 0.3 is 0 Å². The third-order valence-corrected chi connectivity index (χ3v) is 8.64. The number of imidazole rings is 1. The maximum Gasteiger partial charge on any atom is 0.227 e. The lowest BCUT2D eigenvalue weighted by atomic mass is 9.92. The molecule has 3 aliphatic rings. The van der Waals surface area contributed by atoms with Crippen LogP contribution < -0.4 is 16.5 Å². The molecule has 0 spiro atoms. The molecule has 5 rings (SSSR count). The number of aliphatic hydroxyl groups excluding tert-OH is 1. The topological polar surface area (TPSA) is 117 Å². The number of aliphatic hydroxyl groups is 1. The molecule has 2 saturated carbocycles. The van der Waals surface area contributed by atoms with Crippen molar-refractivity contribution in [2.45, 2.75) is 114 Å². The van der Waals surface area contributed by atoms with E-state index in [0.29, 0.717) is 30.7 Å². The van der Waals surface area contributed by atoms with Crippen LogP contribution in [-0.2, 0) is 0 Å². The first-order valence-corrected chi connectivity index (χ1v) is 14.6. The van der Waals surface area contributed by atoms with E-state index in [4.69, 9.17) is 25.8 Å². The molecule has 200 valence electrons. The number of piperidine rings is 1.